The van der Waals surface area contributed by atoms with Crippen LogP contribution in [0.1, 0.15) is 22.3 Å². The molecule has 0 radical (unpaired) electrons. The van der Waals surface area contributed by atoms with Crippen LogP contribution in [0.2, 0.25) is 0 Å². The average Bonchev–Trinajstić information content (AvgIpc) is 3.14. The Balaban J connectivity index is 1.84. The molecule has 3 aromatic rings. The van der Waals surface area contributed by atoms with Gasteiger partial charge in [0.25, 0.3) is 11.8 Å². The zero-order valence-corrected chi connectivity index (χ0v) is 15.2. The van der Waals surface area contributed by atoms with Gasteiger partial charge in [0.15, 0.2) is 5.66 Å². The minimum Gasteiger partial charge on any atom is -0.280 e. The number of amides is 2. The molecule has 4 heteroatoms. The Morgan fingerprint density at radius 2 is 1.18 bits per heavy atom. The van der Waals surface area contributed by atoms with Crippen LogP contribution in [0.4, 0.5) is 11.4 Å². The van der Waals surface area contributed by atoms with Crippen LogP contribution in [-0.4, -0.2) is 11.8 Å². The summed E-state index contributed by atoms with van der Waals surface area (Å²) in [6.07, 6.45) is 0.359. The number of para-hydroxylation sites is 2. The zero-order valence-electron chi connectivity index (χ0n) is 15.2. The van der Waals surface area contributed by atoms with E-state index < -0.39 is 5.66 Å². The van der Waals surface area contributed by atoms with Crippen molar-refractivity contribution in [2.75, 3.05) is 9.80 Å². The Labute approximate surface area is 163 Å². The molecule has 2 heterocycles. The molecule has 1 spiro atoms. The molecule has 0 bridgehead atoms. The van der Waals surface area contributed by atoms with Gasteiger partial charge in [-0.05, 0) is 30.3 Å². The summed E-state index contributed by atoms with van der Waals surface area (Å²) in [5.41, 5.74) is 2.50. The van der Waals surface area contributed by atoms with Gasteiger partial charge in [0.05, 0.1) is 0 Å². The van der Waals surface area contributed by atoms with E-state index in [1.54, 1.807) is 9.80 Å². The van der Waals surface area contributed by atoms with Gasteiger partial charge in [-0.1, -0.05) is 61.2 Å². The molecule has 3 aromatic carbocycles. The van der Waals surface area contributed by atoms with E-state index in [1.807, 2.05) is 84.9 Å². The number of nitrogens with zero attached hydrogens (tertiary/aromatic N) is 2. The van der Waals surface area contributed by atoms with Crippen LogP contribution in [0.5, 0.6) is 0 Å². The quantitative estimate of drug-likeness (QED) is 0.627. The lowest BCUT2D eigenvalue weighted by molar-refractivity contribution is -0.114. The van der Waals surface area contributed by atoms with E-state index in [0.29, 0.717) is 17.6 Å². The molecule has 0 N–H and O–H groups in total. The summed E-state index contributed by atoms with van der Waals surface area (Å²) in [4.78, 5) is 30.2. The highest BCUT2D eigenvalue weighted by Crippen LogP contribution is 2.53. The van der Waals surface area contributed by atoms with E-state index in [4.69, 9.17) is 0 Å². The van der Waals surface area contributed by atoms with E-state index in [1.165, 1.54) is 0 Å². The fourth-order valence-electron chi connectivity index (χ4n) is 4.42. The van der Waals surface area contributed by atoms with Gasteiger partial charge in [0.1, 0.15) is 0 Å². The summed E-state index contributed by atoms with van der Waals surface area (Å²) in [6, 6.07) is 26.6. The molecule has 2 aliphatic heterocycles. The van der Waals surface area contributed by atoms with Gasteiger partial charge >= 0.3 is 0 Å². The third-order valence-electron chi connectivity index (χ3n) is 5.53. The Morgan fingerprint density at radius 3 is 1.79 bits per heavy atom. The largest absolute Gasteiger partial charge is 0.280 e. The maximum Gasteiger partial charge on any atom is 0.260 e. The van der Waals surface area contributed by atoms with Gasteiger partial charge in [0.2, 0.25) is 0 Å². The minimum atomic E-state index is -0.954. The summed E-state index contributed by atoms with van der Waals surface area (Å²) >= 11 is 0. The number of hydrogen-bond donors (Lipinski definition) is 0. The van der Waals surface area contributed by atoms with Crippen molar-refractivity contribution in [3.8, 4) is 0 Å². The van der Waals surface area contributed by atoms with Gasteiger partial charge in [-0.3, -0.25) is 19.4 Å². The number of benzene rings is 3. The predicted octanol–water partition coefficient (Wildman–Crippen LogP) is 4.49. The molecule has 0 aromatic heterocycles. The van der Waals surface area contributed by atoms with Gasteiger partial charge in [-0.15, -0.1) is 0 Å². The predicted molar refractivity (Wildman–Crippen MR) is 109 cm³/mol. The molecular formula is C24H18N2O2. The highest BCUT2D eigenvalue weighted by atomic mass is 16.2. The van der Waals surface area contributed by atoms with Crippen LogP contribution in [0.15, 0.2) is 97.1 Å². The number of hydrogen-bond acceptors (Lipinski definition) is 2. The minimum absolute atomic E-state index is 0.106. The smallest absolute Gasteiger partial charge is 0.260 e. The molecule has 1 fully saturated rings. The summed E-state index contributed by atoms with van der Waals surface area (Å²) in [5, 5.41) is 0. The molecule has 2 amide bonds. The van der Waals surface area contributed by atoms with Crippen molar-refractivity contribution < 1.29 is 9.59 Å². The van der Waals surface area contributed by atoms with Crippen molar-refractivity contribution in [3.63, 3.8) is 0 Å². The van der Waals surface area contributed by atoms with Gasteiger partial charge in [0, 0.05) is 34.5 Å². The molecule has 1 unspecified atom stereocenters. The Hall–Kier alpha value is -3.66. The summed E-state index contributed by atoms with van der Waals surface area (Å²) in [7, 11) is 0. The normalized spacial score (nSPS) is 20.9. The SMILES string of the molecule is C=C1CC2(c3ccccc3C(=O)N2c2ccccc2)N(c2ccccc2)C1=O. The number of anilines is 2. The lowest BCUT2D eigenvalue weighted by Crippen LogP contribution is -2.54. The van der Waals surface area contributed by atoms with Crippen molar-refractivity contribution >= 4 is 23.2 Å². The van der Waals surface area contributed by atoms with Crippen LogP contribution in [0, 0.1) is 0 Å². The fraction of sp³-hybridized carbons (Fsp3) is 0.0833. The highest BCUT2D eigenvalue weighted by Gasteiger charge is 2.60. The van der Waals surface area contributed by atoms with Crippen molar-refractivity contribution in [2.24, 2.45) is 0 Å². The molecule has 136 valence electrons. The fourth-order valence-corrected chi connectivity index (χ4v) is 4.42. The topological polar surface area (TPSA) is 40.6 Å². The molecule has 0 saturated carbocycles. The lowest BCUT2D eigenvalue weighted by Gasteiger charge is -2.42. The van der Waals surface area contributed by atoms with E-state index >= 15 is 0 Å². The lowest BCUT2D eigenvalue weighted by atomic mass is 9.94. The van der Waals surface area contributed by atoms with Crippen LogP contribution >= 0.6 is 0 Å². The number of fused-ring (bicyclic) bond motifs is 2. The molecule has 1 atom stereocenters. The van der Waals surface area contributed by atoms with Crippen LogP contribution < -0.4 is 9.80 Å². The number of rotatable bonds is 2. The third-order valence-corrected chi connectivity index (χ3v) is 5.53. The second kappa shape index (κ2) is 5.92. The molecule has 0 aliphatic carbocycles. The van der Waals surface area contributed by atoms with Gasteiger partial charge < -0.3 is 0 Å². The Morgan fingerprint density at radius 1 is 0.679 bits per heavy atom. The number of carbonyl (C=O) groups is 2. The summed E-state index contributed by atoms with van der Waals surface area (Å²) in [6.45, 7) is 4.03. The first-order valence-corrected chi connectivity index (χ1v) is 9.21. The van der Waals surface area contributed by atoms with Crippen molar-refractivity contribution in [2.45, 2.75) is 12.1 Å². The van der Waals surface area contributed by atoms with Crippen LogP contribution in [0.25, 0.3) is 0 Å². The first kappa shape index (κ1) is 16.5. The molecule has 5 rings (SSSR count). The molecule has 4 nitrogen and oxygen atoms in total. The molecule has 1 saturated heterocycles. The summed E-state index contributed by atoms with van der Waals surface area (Å²) in [5.74, 6) is -0.262. The third kappa shape index (κ3) is 2.06. The van der Waals surface area contributed by atoms with Crippen LogP contribution in [-0.2, 0) is 10.5 Å². The highest BCUT2D eigenvalue weighted by molar-refractivity contribution is 6.18. The second-order valence-corrected chi connectivity index (χ2v) is 7.09. The van der Waals surface area contributed by atoms with E-state index in [2.05, 4.69) is 6.58 Å². The van der Waals surface area contributed by atoms with Crippen molar-refractivity contribution in [1.82, 2.24) is 0 Å². The number of carbonyl (C=O) groups excluding carboxylic acids is 2. The standard InChI is InChI=1S/C24H18N2O2/c1-17-16-24(25(22(17)27)18-10-4-2-5-11-18)21-15-9-8-14-20(21)23(28)26(24)19-12-6-3-7-13-19/h2-15H,1,16H2. The van der Waals surface area contributed by atoms with Crippen LogP contribution in [0.3, 0.4) is 0 Å². The molecule has 28 heavy (non-hydrogen) atoms. The first-order valence-electron chi connectivity index (χ1n) is 9.21. The van der Waals surface area contributed by atoms with E-state index in [9.17, 15) is 9.59 Å². The molecular weight excluding hydrogens is 348 g/mol. The van der Waals surface area contributed by atoms with Crippen molar-refractivity contribution in [3.05, 3.63) is 108 Å². The van der Waals surface area contributed by atoms with Crippen molar-refractivity contribution in [1.29, 1.82) is 0 Å². The average molecular weight is 366 g/mol. The Kier molecular flexibility index (Phi) is 3.49. The first-order chi connectivity index (χ1) is 13.6. The van der Waals surface area contributed by atoms with E-state index in [-0.39, 0.29) is 11.8 Å². The monoisotopic (exact) mass is 366 g/mol. The second-order valence-electron chi connectivity index (χ2n) is 7.09. The zero-order chi connectivity index (χ0) is 19.3. The van der Waals surface area contributed by atoms with Gasteiger partial charge in [-0.2, -0.15) is 0 Å². The maximum absolute atomic E-state index is 13.5. The van der Waals surface area contributed by atoms with E-state index in [0.717, 1.165) is 16.9 Å². The Bertz CT molecular complexity index is 1110. The van der Waals surface area contributed by atoms with Gasteiger partial charge in [-0.25, -0.2) is 0 Å². The summed E-state index contributed by atoms with van der Waals surface area (Å²) < 4.78 is 0. The maximum atomic E-state index is 13.5. The molecule has 2 aliphatic rings.